The predicted octanol–water partition coefficient (Wildman–Crippen LogP) is 12.8. The molecule has 24 nitrogen and oxygen atoms in total. The van der Waals surface area contributed by atoms with E-state index in [9.17, 15) is 0 Å². The Kier molecular flexibility index (Phi) is 13.3. The Morgan fingerprint density at radius 3 is 1.31 bits per heavy atom. The molecular formula is C88H68N23OS+5. The standard InChI is InChI=1S/C21H16N5.C20H13N4S.2C16H14N5.C15H11N4O/c1-24-20-17-12-22-11-9-14(17)13-25(20)18-16-8-5-10-23-19(16)26(21(18)24)15-6-3-2-4-7-15;1-2-5-14(6-3-1)24-19-16-11-21-10-8-13(16)12-23(19)17-15-7-4-9-22-18(15)25-20(17)24;2*1-19-14-11(4-3-6-18-14)13-16(19)20(2)15-12-8-17-7-5-10(12)9-21(13)15;1-18-14-11-7-16-6-4-9(11)8-19(14)12-10-3-2-5-17-13(10)20-15(12)18/h2-12H,13H2,1H3;1-11H,12H2;2*3-8H,9H2,1-2H3;2-7H,8H2,1H3/q5*+1/i;;1D3;;. The van der Waals surface area contributed by atoms with Crippen LogP contribution < -0.4 is 22.8 Å². The molecule has 27 rings (SSSR count). The second kappa shape index (κ2) is 24.5. The summed E-state index contributed by atoms with van der Waals surface area (Å²) in [5, 5.41) is 5.52. The van der Waals surface area contributed by atoms with Crippen LogP contribution >= 0.6 is 11.3 Å². The molecule has 20 aromatic heterocycles. The third-order valence-corrected chi connectivity index (χ3v) is 24.2. The van der Waals surface area contributed by atoms with E-state index in [1.807, 2.05) is 142 Å². The maximum absolute atomic E-state index is 7.97. The molecule has 2 aromatic carbocycles. The predicted molar refractivity (Wildman–Crippen MR) is 432 cm³/mol. The fourth-order valence-corrected chi connectivity index (χ4v) is 19.6. The highest BCUT2D eigenvalue weighted by Gasteiger charge is 2.42. The Morgan fingerprint density at radius 2 is 0.779 bits per heavy atom. The lowest BCUT2D eigenvalue weighted by Gasteiger charge is -2.02. The van der Waals surface area contributed by atoms with Crippen LogP contribution in [0, 0.1) is 0 Å². The summed E-state index contributed by atoms with van der Waals surface area (Å²) in [7, 11) is 10.3. The number of pyridine rings is 10. The third kappa shape index (κ3) is 9.14. The summed E-state index contributed by atoms with van der Waals surface area (Å²) >= 11 is 1.75. The van der Waals surface area contributed by atoms with Crippen LogP contribution in [0.3, 0.4) is 0 Å². The quantitative estimate of drug-likeness (QED) is 0.149. The number of thiophene rings is 1. The zero-order valence-corrected chi connectivity index (χ0v) is 62.5. The molecule has 0 unspecified atom stereocenters. The van der Waals surface area contributed by atoms with E-state index in [0.717, 1.165) is 98.4 Å². The van der Waals surface area contributed by atoms with Crippen molar-refractivity contribution >= 4 is 121 Å². The van der Waals surface area contributed by atoms with E-state index < -0.39 is 6.98 Å². The van der Waals surface area contributed by atoms with E-state index in [2.05, 4.69) is 219 Å². The minimum absolute atomic E-state index is 0.488. The summed E-state index contributed by atoms with van der Waals surface area (Å²) < 4.78 is 58.2. The second-order valence-electron chi connectivity index (χ2n) is 29.0. The number of imidazole rings is 5. The Bertz CT molecular complexity index is 7900. The van der Waals surface area contributed by atoms with Crippen molar-refractivity contribution in [2.75, 3.05) is 0 Å². The van der Waals surface area contributed by atoms with Crippen molar-refractivity contribution in [3.63, 3.8) is 0 Å². The summed E-state index contributed by atoms with van der Waals surface area (Å²) in [4.78, 5) is 46.3. The molecule has 0 saturated carbocycles. The molecule has 0 bridgehead atoms. The molecule has 0 spiro atoms. The molecule has 0 atom stereocenters. The van der Waals surface area contributed by atoms with Crippen LogP contribution in [0.4, 0.5) is 0 Å². The summed E-state index contributed by atoms with van der Waals surface area (Å²) in [5.41, 5.74) is 27.5. The molecule has 5 aliphatic heterocycles. The molecule has 542 valence electrons. The number of hydrogen-bond acceptors (Lipinski definition) is 12. The zero-order chi connectivity index (χ0) is 77.7. The van der Waals surface area contributed by atoms with Crippen molar-refractivity contribution in [2.45, 2.75) is 32.7 Å². The van der Waals surface area contributed by atoms with Gasteiger partial charge in [0.2, 0.25) is 50.5 Å². The average molecular weight is 1500 g/mol. The van der Waals surface area contributed by atoms with Crippen molar-refractivity contribution in [1.82, 2.24) is 86.4 Å². The molecule has 0 aliphatic carbocycles. The SMILES string of the molecule is C[n+]1c2n(c3c4cccnc4n(-c4ccccc4)c31)Cc1ccncc1-2.C[n+]1c2n(c3c4cccnc4oc31)Cc1ccncc1-2.Cn1c2ncccc2c2c1[n+](C)c1n2Cc2ccncc2-1.[2H]C([2H])([2H])n1c2ncccc2c2c1[n+](C)c1n2Cc2ccncc2-1.c1ccc(-n2c3[n+](c4c5cccnc5sc42)Cc2ccncc2-3)cc1. The molecule has 0 N–H and O–H groups in total. The molecule has 22 aromatic rings. The van der Waals surface area contributed by atoms with Gasteiger partial charge in [-0.05, 0) is 115 Å². The first-order valence-corrected chi connectivity index (χ1v) is 38.1. The Hall–Kier alpha value is -14.6. The summed E-state index contributed by atoms with van der Waals surface area (Å²) in [6.07, 6.45) is 27.9. The highest BCUT2D eigenvalue weighted by molar-refractivity contribution is 7.25. The topological polar surface area (TPSA) is 201 Å². The van der Waals surface area contributed by atoms with Gasteiger partial charge in [0.05, 0.1) is 121 Å². The molecule has 0 saturated heterocycles. The summed E-state index contributed by atoms with van der Waals surface area (Å²) in [5.74, 6) is 5.76. The van der Waals surface area contributed by atoms with Gasteiger partial charge in [0.15, 0.2) is 22.1 Å². The summed E-state index contributed by atoms with van der Waals surface area (Å²) in [6.45, 7) is 1.91. The molecule has 25 heteroatoms. The fraction of sp³-hybridized carbons (Fsp3) is 0.125. The van der Waals surface area contributed by atoms with Crippen molar-refractivity contribution < 1.29 is 31.4 Å². The third-order valence-electron chi connectivity index (χ3n) is 23.1. The van der Waals surface area contributed by atoms with Crippen LogP contribution in [-0.2, 0) is 74.9 Å². The van der Waals surface area contributed by atoms with Gasteiger partial charge in [-0.2, -0.15) is 9.13 Å². The van der Waals surface area contributed by atoms with Gasteiger partial charge in [-0.1, -0.05) is 47.7 Å². The van der Waals surface area contributed by atoms with Crippen LogP contribution in [0.5, 0.6) is 0 Å². The van der Waals surface area contributed by atoms with Gasteiger partial charge in [0.25, 0.3) is 28.6 Å². The van der Waals surface area contributed by atoms with Gasteiger partial charge in [-0.3, -0.25) is 24.9 Å². The van der Waals surface area contributed by atoms with E-state index in [0.29, 0.717) is 23.6 Å². The number of rotatable bonds is 2. The average Bonchev–Trinajstić information content (AvgIpc) is 1.55. The van der Waals surface area contributed by atoms with E-state index in [1.54, 1.807) is 29.9 Å². The lowest BCUT2D eigenvalue weighted by atomic mass is 10.2. The maximum Gasteiger partial charge on any atom is 0.340 e. The lowest BCUT2D eigenvalue weighted by molar-refractivity contribution is -0.645. The Balaban J connectivity index is 0.0000000858. The lowest BCUT2D eigenvalue weighted by Crippen LogP contribution is -2.31. The largest absolute Gasteiger partial charge is 0.400 e. The molecule has 0 fully saturated rings. The normalized spacial score (nSPS) is 13.4. The highest BCUT2D eigenvalue weighted by Crippen LogP contribution is 2.44. The van der Waals surface area contributed by atoms with Crippen LogP contribution in [0.25, 0.3) is 178 Å². The Labute approximate surface area is 650 Å². The van der Waals surface area contributed by atoms with Gasteiger partial charge in [0, 0.05) is 121 Å². The van der Waals surface area contributed by atoms with E-state index in [1.165, 1.54) is 121 Å². The van der Waals surface area contributed by atoms with E-state index in [-0.39, 0.29) is 0 Å². The van der Waals surface area contributed by atoms with Crippen molar-refractivity contribution in [3.8, 4) is 68.3 Å². The number of fused-ring (bicyclic) bond motifs is 35. The van der Waals surface area contributed by atoms with Gasteiger partial charge in [0.1, 0.15) is 29.3 Å². The first kappa shape index (κ1) is 61.3. The van der Waals surface area contributed by atoms with Gasteiger partial charge < -0.3 is 4.42 Å². The van der Waals surface area contributed by atoms with Crippen LogP contribution in [0.15, 0.2) is 249 Å². The number of aromatic nitrogens is 23. The van der Waals surface area contributed by atoms with Crippen LogP contribution in [0.2, 0.25) is 0 Å². The maximum atomic E-state index is 7.97. The molecule has 0 amide bonds. The Morgan fingerprint density at radius 1 is 0.372 bits per heavy atom. The molecule has 113 heavy (non-hydrogen) atoms. The molecule has 5 aliphatic rings. The molecule has 25 heterocycles. The van der Waals surface area contributed by atoms with E-state index >= 15 is 0 Å². The zero-order valence-electron chi connectivity index (χ0n) is 64.7. The number of benzene rings is 2. The minimum Gasteiger partial charge on any atom is -0.400 e. The van der Waals surface area contributed by atoms with Crippen molar-refractivity contribution in [1.29, 1.82) is 0 Å². The number of para-hydroxylation sites is 2. The van der Waals surface area contributed by atoms with Crippen molar-refractivity contribution in [2.24, 2.45) is 42.2 Å². The van der Waals surface area contributed by atoms with Crippen LogP contribution in [-0.4, -0.2) is 86.4 Å². The number of nitrogens with zero attached hydrogens (tertiary/aromatic N) is 23. The second-order valence-corrected chi connectivity index (χ2v) is 30.0. The number of aryl methyl sites for hydroxylation is 6. The number of hydrogen-bond donors (Lipinski definition) is 0. The number of furan rings is 1. The monoisotopic (exact) mass is 1500 g/mol. The van der Waals surface area contributed by atoms with Crippen LogP contribution in [0.1, 0.15) is 31.9 Å². The minimum atomic E-state index is -2.30. The molecular weight excluding hydrogens is 1430 g/mol. The van der Waals surface area contributed by atoms with Gasteiger partial charge in [-0.25, -0.2) is 75.2 Å². The highest BCUT2D eigenvalue weighted by atomic mass is 32.1. The first-order valence-electron chi connectivity index (χ1n) is 38.8. The fourth-order valence-electron chi connectivity index (χ4n) is 18.4. The smallest absolute Gasteiger partial charge is 0.340 e. The van der Waals surface area contributed by atoms with Gasteiger partial charge in [-0.15, -0.1) is 0 Å². The first-order chi connectivity index (χ1) is 56.9. The molecule has 0 radical (unpaired) electrons. The van der Waals surface area contributed by atoms with E-state index in [4.69, 9.17) is 13.5 Å². The van der Waals surface area contributed by atoms with Crippen molar-refractivity contribution in [3.05, 3.63) is 272 Å². The van der Waals surface area contributed by atoms with Gasteiger partial charge >= 0.3 is 5.71 Å². The summed E-state index contributed by atoms with van der Waals surface area (Å²) in [6, 6.07) is 51.7.